The Kier molecular flexibility index (Phi) is 2.53. The summed E-state index contributed by atoms with van der Waals surface area (Å²) in [5.41, 5.74) is 0. The first-order chi connectivity index (χ1) is 5.75. The van der Waals surface area contributed by atoms with Gasteiger partial charge in [-0.2, -0.15) is 0 Å². The van der Waals surface area contributed by atoms with Crippen LogP contribution in [0.5, 0.6) is 0 Å². The SMILES string of the molecule is C[C@H](NC1CC1)c1ccc(Br)s1. The van der Waals surface area contributed by atoms with Gasteiger partial charge in [0.05, 0.1) is 3.79 Å². The van der Waals surface area contributed by atoms with Gasteiger partial charge in [0.2, 0.25) is 0 Å². The molecule has 1 N–H and O–H groups in total. The third-order valence-electron chi connectivity index (χ3n) is 2.08. The Bertz CT molecular complexity index is 267. The molecule has 0 saturated heterocycles. The zero-order valence-corrected chi connectivity index (χ0v) is 9.41. The van der Waals surface area contributed by atoms with E-state index in [0.717, 1.165) is 6.04 Å². The molecule has 0 unspecified atom stereocenters. The van der Waals surface area contributed by atoms with Crippen molar-refractivity contribution in [3.8, 4) is 0 Å². The Balaban J connectivity index is 1.97. The number of rotatable bonds is 3. The summed E-state index contributed by atoms with van der Waals surface area (Å²) in [5.74, 6) is 0. The Morgan fingerprint density at radius 1 is 1.58 bits per heavy atom. The minimum absolute atomic E-state index is 0.522. The van der Waals surface area contributed by atoms with Gasteiger partial charge in [0.15, 0.2) is 0 Å². The Hall–Kier alpha value is 0.140. The second kappa shape index (κ2) is 3.48. The molecule has 1 nitrogen and oxygen atoms in total. The Labute approximate surface area is 85.3 Å². The number of nitrogens with one attached hydrogen (secondary N) is 1. The van der Waals surface area contributed by atoms with E-state index < -0.39 is 0 Å². The summed E-state index contributed by atoms with van der Waals surface area (Å²) in [6.45, 7) is 2.23. The van der Waals surface area contributed by atoms with Crippen molar-refractivity contribution in [1.82, 2.24) is 5.32 Å². The molecule has 0 radical (unpaired) electrons. The van der Waals surface area contributed by atoms with Crippen molar-refractivity contribution in [2.24, 2.45) is 0 Å². The first-order valence-corrected chi connectivity index (χ1v) is 5.88. The molecule has 1 atom stereocenters. The van der Waals surface area contributed by atoms with Crippen LogP contribution in [0, 0.1) is 0 Å². The first kappa shape index (κ1) is 8.73. The fourth-order valence-electron chi connectivity index (χ4n) is 1.25. The highest BCUT2D eigenvalue weighted by Gasteiger charge is 2.23. The van der Waals surface area contributed by atoms with E-state index in [4.69, 9.17) is 0 Å². The van der Waals surface area contributed by atoms with Gasteiger partial charge in [-0.15, -0.1) is 11.3 Å². The van der Waals surface area contributed by atoms with Gasteiger partial charge in [-0.25, -0.2) is 0 Å². The molecule has 3 heteroatoms. The van der Waals surface area contributed by atoms with Gasteiger partial charge in [0.25, 0.3) is 0 Å². The molecule has 0 spiro atoms. The molecule has 66 valence electrons. The molecule has 0 aliphatic heterocycles. The van der Waals surface area contributed by atoms with Crippen LogP contribution < -0.4 is 5.32 Å². The molecule has 1 heterocycles. The number of halogens is 1. The topological polar surface area (TPSA) is 12.0 Å². The summed E-state index contributed by atoms with van der Waals surface area (Å²) < 4.78 is 1.22. The largest absolute Gasteiger partial charge is 0.307 e. The van der Waals surface area contributed by atoms with E-state index in [-0.39, 0.29) is 0 Å². The molecule has 12 heavy (non-hydrogen) atoms. The third kappa shape index (κ3) is 2.09. The fraction of sp³-hybridized carbons (Fsp3) is 0.556. The van der Waals surface area contributed by atoms with Crippen LogP contribution in [-0.2, 0) is 0 Å². The predicted octanol–water partition coefficient (Wildman–Crippen LogP) is 3.32. The minimum Gasteiger partial charge on any atom is -0.307 e. The van der Waals surface area contributed by atoms with E-state index in [1.54, 1.807) is 0 Å². The average molecular weight is 246 g/mol. The van der Waals surface area contributed by atoms with Crippen LogP contribution in [0.2, 0.25) is 0 Å². The monoisotopic (exact) mass is 245 g/mol. The molecule has 0 bridgehead atoms. The highest BCUT2D eigenvalue weighted by atomic mass is 79.9. The van der Waals surface area contributed by atoms with Gasteiger partial charge in [-0.1, -0.05) is 0 Å². The Morgan fingerprint density at radius 3 is 2.83 bits per heavy atom. The molecule has 1 fully saturated rings. The summed E-state index contributed by atoms with van der Waals surface area (Å²) in [6, 6.07) is 5.62. The van der Waals surface area contributed by atoms with E-state index in [1.807, 2.05) is 11.3 Å². The number of hydrogen-bond donors (Lipinski definition) is 1. The van der Waals surface area contributed by atoms with Gasteiger partial charge in [-0.05, 0) is 47.8 Å². The maximum Gasteiger partial charge on any atom is 0.0701 e. The van der Waals surface area contributed by atoms with Crippen LogP contribution in [0.1, 0.15) is 30.7 Å². The summed E-state index contributed by atoms with van der Waals surface area (Å²) in [7, 11) is 0. The van der Waals surface area contributed by atoms with E-state index in [2.05, 4.69) is 40.3 Å². The summed E-state index contributed by atoms with van der Waals surface area (Å²) in [6.07, 6.45) is 2.72. The highest BCUT2D eigenvalue weighted by molar-refractivity contribution is 9.11. The first-order valence-electron chi connectivity index (χ1n) is 4.27. The summed E-state index contributed by atoms with van der Waals surface area (Å²) in [5, 5.41) is 3.57. The zero-order valence-electron chi connectivity index (χ0n) is 7.01. The molecule has 1 aromatic heterocycles. The van der Waals surface area contributed by atoms with E-state index in [0.29, 0.717) is 6.04 Å². The summed E-state index contributed by atoms with van der Waals surface area (Å²) >= 11 is 5.29. The standard InChI is InChI=1S/C9H12BrNS/c1-6(11-7-2-3-7)8-4-5-9(10)12-8/h4-7,11H,2-3H2,1H3/t6-/m0/s1. The van der Waals surface area contributed by atoms with E-state index in [9.17, 15) is 0 Å². The molecule has 0 aromatic carbocycles. The van der Waals surface area contributed by atoms with Crippen LogP contribution in [-0.4, -0.2) is 6.04 Å². The maximum atomic E-state index is 3.57. The van der Waals surface area contributed by atoms with Crippen molar-refractivity contribution in [2.75, 3.05) is 0 Å². The van der Waals surface area contributed by atoms with Crippen molar-refractivity contribution >= 4 is 27.3 Å². The molecular formula is C9H12BrNS. The second-order valence-electron chi connectivity index (χ2n) is 3.30. The smallest absolute Gasteiger partial charge is 0.0701 e. The lowest BCUT2D eigenvalue weighted by molar-refractivity contribution is 0.579. The van der Waals surface area contributed by atoms with Crippen molar-refractivity contribution in [2.45, 2.75) is 31.8 Å². The zero-order chi connectivity index (χ0) is 8.55. The van der Waals surface area contributed by atoms with Gasteiger partial charge in [-0.3, -0.25) is 0 Å². The highest BCUT2D eigenvalue weighted by Crippen LogP contribution is 2.29. The van der Waals surface area contributed by atoms with Gasteiger partial charge < -0.3 is 5.32 Å². The molecule has 1 aliphatic rings. The van der Waals surface area contributed by atoms with Gasteiger partial charge in [0.1, 0.15) is 0 Å². The lowest BCUT2D eigenvalue weighted by Crippen LogP contribution is -2.19. The van der Waals surface area contributed by atoms with Crippen molar-refractivity contribution in [3.05, 3.63) is 20.8 Å². The fourth-order valence-corrected chi connectivity index (χ4v) is 2.68. The maximum absolute atomic E-state index is 3.57. The average Bonchev–Trinajstić information content (AvgIpc) is 2.72. The molecule has 2 rings (SSSR count). The van der Waals surface area contributed by atoms with Gasteiger partial charge >= 0.3 is 0 Å². The molecular weight excluding hydrogens is 234 g/mol. The van der Waals surface area contributed by atoms with E-state index in [1.165, 1.54) is 21.5 Å². The minimum atomic E-state index is 0.522. The number of thiophene rings is 1. The quantitative estimate of drug-likeness (QED) is 0.862. The number of hydrogen-bond acceptors (Lipinski definition) is 2. The second-order valence-corrected chi connectivity index (χ2v) is 5.80. The van der Waals surface area contributed by atoms with Crippen LogP contribution in [0.4, 0.5) is 0 Å². The Morgan fingerprint density at radius 2 is 2.33 bits per heavy atom. The van der Waals surface area contributed by atoms with Crippen molar-refractivity contribution < 1.29 is 0 Å². The lowest BCUT2D eigenvalue weighted by Gasteiger charge is -2.09. The predicted molar refractivity (Wildman–Crippen MR) is 56.6 cm³/mol. The lowest BCUT2D eigenvalue weighted by atomic mass is 10.3. The molecule has 0 amide bonds. The molecule has 1 saturated carbocycles. The van der Waals surface area contributed by atoms with Crippen LogP contribution >= 0.6 is 27.3 Å². The van der Waals surface area contributed by atoms with E-state index >= 15 is 0 Å². The summed E-state index contributed by atoms with van der Waals surface area (Å²) in [4.78, 5) is 1.42. The van der Waals surface area contributed by atoms with Crippen LogP contribution in [0.25, 0.3) is 0 Å². The normalized spacial score (nSPS) is 19.5. The van der Waals surface area contributed by atoms with Crippen LogP contribution in [0.15, 0.2) is 15.9 Å². The van der Waals surface area contributed by atoms with Gasteiger partial charge in [0, 0.05) is 17.0 Å². The molecule has 1 aromatic rings. The molecule has 1 aliphatic carbocycles. The van der Waals surface area contributed by atoms with Crippen molar-refractivity contribution in [1.29, 1.82) is 0 Å². The van der Waals surface area contributed by atoms with Crippen molar-refractivity contribution in [3.63, 3.8) is 0 Å². The van der Waals surface area contributed by atoms with Crippen LogP contribution in [0.3, 0.4) is 0 Å². The third-order valence-corrected chi connectivity index (χ3v) is 3.89.